The largest absolute Gasteiger partial charge is 0.435 e. The summed E-state index contributed by atoms with van der Waals surface area (Å²) in [7, 11) is 0. The molecule has 1 atom stereocenters. The van der Waals surface area contributed by atoms with E-state index in [4.69, 9.17) is 0 Å². The molecule has 0 spiro atoms. The van der Waals surface area contributed by atoms with Gasteiger partial charge in [0.05, 0.1) is 6.04 Å². The van der Waals surface area contributed by atoms with Crippen molar-refractivity contribution in [3.05, 3.63) is 65.4 Å². The van der Waals surface area contributed by atoms with Crippen molar-refractivity contribution in [2.24, 2.45) is 0 Å². The number of alkyl halides is 2. The second-order valence-corrected chi connectivity index (χ2v) is 5.92. The van der Waals surface area contributed by atoms with Crippen LogP contribution in [0.15, 0.2) is 48.5 Å². The Morgan fingerprint density at radius 2 is 1.96 bits per heavy atom. The minimum absolute atomic E-state index is 0.0645. The Kier molecular flexibility index (Phi) is 4.70. The molecule has 25 heavy (non-hydrogen) atoms. The standard InChI is InChI=1S/C19H18F2N2O2/c1-11-6-7-16-14(8-11)10-17(23-16)18(24)22-12(2)13-4-3-5-15(9-13)25-19(20)21/h3-10,12,19,23H,1-2H3,(H,22,24). The van der Waals surface area contributed by atoms with Crippen LogP contribution in [0.3, 0.4) is 0 Å². The van der Waals surface area contributed by atoms with E-state index < -0.39 is 6.61 Å². The molecule has 0 fully saturated rings. The molecular formula is C19H18F2N2O2. The van der Waals surface area contributed by atoms with Gasteiger partial charge in [0.1, 0.15) is 11.4 Å². The highest BCUT2D eigenvalue weighted by molar-refractivity contribution is 5.98. The molecule has 0 saturated heterocycles. The van der Waals surface area contributed by atoms with Gasteiger partial charge in [0.2, 0.25) is 0 Å². The first-order valence-electron chi connectivity index (χ1n) is 7.87. The lowest BCUT2D eigenvalue weighted by Gasteiger charge is -2.15. The van der Waals surface area contributed by atoms with E-state index in [1.54, 1.807) is 25.1 Å². The number of aromatic amines is 1. The molecule has 1 unspecified atom stereocenters. The van der Waals surface area contributed by atoms with Gasteiger partial charge >= 0.3 is 6.61 Å². The van der Waals surface area contributed by atoms with E-state index >= 15 is 0 Å². The fourth-order valence-corrected chi connectivity index (χ4v) is 2.69. The Balaban J connectivity index is 1.75. The first-order chi connectivity index (χ1) is 11.9. The van der Waals surface area contributed by atoms with Crippen LogP contribution in [0.4, 0.5) is 8.78 Å². The second-order valence-electron chi connectivity index (χ2n) is 5.92. The van der Waals surface area contributed by atoms with E-state index in [0.29, 0.717) is 11.3 Å². The summed E-state index contributed by atoms with van der Waals surface area (Å²) in [6.45, 7) is 0.893. The zero-order valence-electron chi connectivity index (χ0n) is 13.8. The molecule has 6 heteroatoms. The third-order valence-corrected chi connectivity index (χ3v) is 3.95. The van der Waals surface area contributed by atoms with Gasteiger partial charge in [0.25, 0.3) is 5.91 Å². The minimum Gasteiger partial charge on any atom is -0.435 e. The Morgan fingerprint density at radius 3 is 2.72 bits per heavy atom. The molecule has 1 aromatic heterocycles. The van der Waals surface area contributed by atoms with Crippen molar-refractivity contribution in [1.82, 2.24) is 10.3 Å². The predicted molar refractivity (Wildman–Crippen MR) is 92.0 cm³/mol. The Bertz CT molecular complexity index is 905. The summed E-state index contributed by atoms with van der Waals surface area (Å²) in [6, 6.07) is 13.6. The molecule has 1 heterocycles. The molecule has 0 aliphatic rings. The van der Waals surface area contributed by atoms with E-state index in [2.05, 4.69) is 15.0 Å². The van der Waals surface area contributed by atoms with E-state index in [1.807, 2.05) is 25.1 Å². The molecule has 4 nitrogen and oxygen atoms in total. The van der Waals surface area contributed by atoms with Gasteiger partial charge in [0.15, 0.2) is 0 Å². The van der Waals surface area contributed by atoms with Gasteiger partial charge in [-0.1, -0.05) is 23.8 Å². The molecule has 130 valence electrons. The maximum absolute atomic E-state index is 12.5. The SMILES string of the molecule is Cc1ccc2[nH]c(C(=O)NC(C)c3cccc(OC(F)F)c3)cc2c1. The summed E-state index contributed by atoms with van der Waals surface area (Å²) in [5.74, 6) is -0.198. The molecule has 3 aromatic rings. The number of rotatable bonds is 5. The molecule has 0 radical (unpaired) electrons. The van der Waals surface area contributed by atoms with Crippen molar-refractivity contribution in [2.75, 3.05) is 0 Å². The summed E-state index contributed by atoms with van der Waals surface area (Å²) < 4.78 is 29.0. The Morgan fingerprint density at radius 1 is 1.16 bits per heavy atom. The van der Waals surface area contributed by atoms with Crippen molar-refractivity contribution in [1.29, 1.82) is 0 Å². The van der Waals surface area contributed by atoms with Crippen LogP contribution >= 0.6 is 0 Å². The number of hydrogen-bond donors (Lipinski definition) is 2. The van der Waals surface area contributed by atoms with Crippen molar-refractivity contribution < 1.29 is 18.3 Å². The van der Waals surface area contributed by atoms with Gasteiger partial charge in [-0.05, 0) is 49.7 Å². The number of aryl methyl sites for hydroxylation is 1. The van der Waals surface area contributed by atoms with Crippen LogP contribution in [0.5, 0.6) is 5.75 Å². The predicted octanol–water partition coefficient (Wildman–Crippen LogP) is 4.57. The fourth-order valence-electron chi connectivity index (χ4n) is 2.69. The first kappa shape index (κ1) is 17.0. The quantitative estimate of drug-likeness (QED) is 0.712. The minimum atomic E-state index is -2.88. The van der Waals surface area contributed by atoms with Crippen LogP contribution in [0.2, 0.25) is 0 Å². The topological polar surface area (TPSA) is 54.1 Å². The average Bonchev–Trinajstić information content (AvgIpc) is 2.97. The lowest BCUT2D eigenvalue weighted by Crippen LogP contribution is -2.26. The number of nitrogens with one attached hydrogen (secondary N) is 2. The van der Waals surface area contributed by atoms with Crippen molar-refractivity contribution >= 4 is 16.8 Å². The number of fused-ring (bicyclic) bond motifs is 1. The maximum Gasteiger partial charge on any atom is 0.387 e. The van der Waals surface area contributed by atoms with Gasteiger partial charge in [-0.2, -0.15) is 8.78 Å². The van der Waals surface area contributed by atoms with Crippen LogP contribution in [0, 0.1) is 6.92 Å². The third-order valence-electron chi connectivity index (χ3n) is 3.95. The maximum atomic E-state index is 12.5. The molecule has 0 bridgehead atoms. The average molecular weight is 344 g/mol. The molecule has 0 aliphatic carbocycles. The van der Waals surface area contributed by atoms with E-state index in [9.17, 15) is 13.6 Å². The van der Waals surface area contributed by atoms with Gasteiger partial charge in [-0.3, -0.25) is 4.79 Å². The Labute approximate surface area is 143 Å². The number of aromatic nitrogens is 1. The van der Waals surface area contributed by atoms with Crippen LogP contribution in [0.1, 0.15) is 34.6 Å². The number of ether oxygens (including phenoxy) is 1. The molecule has 0 saturated carbocycles. The molecule has 1 amide bonds. The number of hydrogen-bond acceptors (Lipinski definition) is 2. The summed E-state index contributed by atoms with van der Waals surface area (Å²) in [5.41, 5.74) is 3.13. The normalized spacial score (nSPS) is 12.4. The second kappa shape index (κ2) is 6.93. The number of halogens is 2. The van der Waals surface area contributed by atoms with Crippen molar-refractivity contribution in [2.45, 2.75) is 26.5 Å². The number of H-pyrrole nitrogens is 1. The summed E-state index contributed by atoms with van der Waals surface area (Å²) in [4.78, 5) is 15.5. The highest BCUT2D eigenvalue weighted by atomic mass is 19.3. The van der Waals surface area contributed by atoms with Gasteiger partial charge < -0.3 is 15.0 Å². The van der Waals surface area contributed by atoms with Gasteiger partial charge in [0, 0.05) is 10.9 Å². The fraction of sp³-hybridized carbons (Fsp3) is 0.211. The lowest BCUT2D eigenvalue weighted by atomic mass is 10.1. The van der Waals surface area contributed by atoms with Crippen LogP contribution in [-0.4, -0.2) is 17.5 Å². The molecule has 3 rings (SSSR count). The van der Waals surface area contributed by atoms with E-state index in [-0.39, 0.29) is 17.7 Å². The van der Waals surface area contributed by atoms with Crippen molar-refractivity contribution in [3.8, 4) is 5.75 Å². The summed E-state index contributed by atoms with van der Waals surface area (Å²) in [5, 5.41) is 3.82. The number of carbonyl (C=O) groups excluding carboxylic acids is 1. The first-order valence-corrected chi connectivity index (χ1v) is 7.87. The van der Waals surface area contributed by atoms with Gasteiger partial charge in [-0.15, -0.1) is 0 Å². The van der Waals surface area contributed by atoms with E-state index in [0.717, 1.165) is 16.5 Å². The molecular weight excluding hydrogens is 326 g/mol. The van der Waals surface area contributed by atoms with Crippen LogP contribution in [-0.2, 0) is 0 Å². The third kappa shape index (κ3) is 3.96. The van der Waals surface area contributed by atoms with Crippen LogP contribution in [0.25, 0.3) is 10.9 Å². The lowest BCUT2D eigenvalue weighted by molar-refractivity contribution is -0.0499. The van der Waals surface area contributed by atoms with Gasteiger partial charge in [-0.25, -0.2) is 0 Å². The number of amides is 1. The zero-order valence-corrected chi connectivity index (χ0v) is 13.8. The van der Waals surface area contributed by atoms with Crippen LogP contribution < -0.4 is 10.1 Å². The zero-order chi connectivity index (χ0) is 18.0. The number of carbonyl (C=O) groups is 1. The summed E-state index contributed by atoms with van der Waals surface area (Å²) in [6.07, 6.45) is 0. The molecule has 2 aromatic carbocycles. The summed E-state index contributed by atoms with van der Waals surface area (Å²) >= 11 is 0. The number of benzene rings is 2. The van der Waals surface area contributed by atoms with Crippen molar-refractivity contribution in [3.63, 3.8) is 0 Å². The monoisotopic (exact) mass is 344 g/mol. The smallest absolute Gasteiger partial charge is 0.387 e. The Hall–Kier alpha value is -2.89. The highest BCUT2D eigenvalue weighted by Crippen LogP contribution is 2.22. The highest BCUT2D eigenvalue weighted by Gasteiger charge is 2.15. The molecule has 2 N–H and O–H groups in total. The van der Waals surface area contributed by atoms with E-state index in [1.165, 1.54) is 12.1 Å². The molecule has 0 aliphatic heterocycles.